The maximum atomic E-state index is 11.4. The highest BCUT2D eigenvalue weighted by Gasteiger charge is 2.21. The molecule has 0 atom stereocenters. The summed E-state index contributed by atoms with van der Waals surface area (Å²) < 4.78 is 15.6. The molecule has 0 unspecified atom stereocenters. The van der Waals surface area contributed by atoms with Crippen LogP contribution in [0, 0.1) is 0 Å². The normalized spacial score (nSPS) is 16.3. The van der Waals surface area contributed by atoms with E-state index in [-0.39, 0.29) is 12.3 Å². The van der Waals surface area contributed by atoms with Gasteiger partial charge in [0.1, 0.15) is 0 Å². The fraction of sp³-hybridized carbons (Fsp3) is 0.308. The SMILES string of the molecule is COC(=O)c1ccc2c(C3OCCO3)c[nH]c2c1. The summed E-state index contributed by atoms with van der Waals surface area (Å²) >= 11 is 0. The van der Waals surface area contributed by atoms with Crippen LogP contribution in [0.1, 0.15) is 22.2 Å². The molecule has 5 nitrogen and oxygen atoms in total. The Bertz CT molecular complexity index is 584. The molecular formula is C13H13NO4. The molecule has 1 aliphatic rings. The molecule has 5 heteroatoms. The van der Waals surface area contributed by atoms with E-state index in [1.54, 1.807) is 12.1 Å². The third kappa shape index (κ3) is 1.77. The molecule has 18 heavy (non-hydrogen) atoms. The molecule has 1 aliphatic heterocycles. The van der Waals surface area contributed by atoms with Crippen LogP contribution in [0.2, 0.25) is 0 Å². The molecule has 3 rings (SSSR count). The number of fused-ring (bicyclic) bond motifs is 1. The number of ether oxygens (including phenoxy) is 3. The highest BCUT2D eigenvalue weighted by atomic mass is 16.7. The van der Waals surface area contributed by atoms with Gasteiger partial charge in [0.05, 0.1) is 25.9 Å². The second kappa shape index (κ2) is 4.44. The van der Waals surface area contributed by atoms with Crippen LogP contribution in [0.25, 0.3) is 10.9 Å². The minimum absolute atomic E-state index is 0.317. The van der Waals surface area contributed by atoms with Crippen molar-refractivity contribution in [1.29, 1.82) is 0 Å². The molecule has 0 aliphatic carbocycles. The van der Waals surface area contributed by atoms with E-state index in [4.69, 9.17) is 9.47 Å². The lowest BCUT2D eigenvalue weighted by molar-refractivity contribution is -0.0429. The van der Waals surface area contributed by atoms with Crippen molar-refractivity contribution in [1.82, 2.24) is 4.98 Å². The highest BCUT2D eigenvalue weighted by Crippen LogP contribution is 2.30. The Morgan fingerprint density at radius 3 is 2.89 bits per heavy atom. The molecule has 2 aromatic rings. The van der Waals surface area contributed by atoms with Crippen LogP contribution in [0.4, 0.5) is 0 Å². The Morgan fingerprint density at radius 1 is 1.39 bits per heavy atom. The van der Waals surface area contributed by atoms with Gasteiger partial charge in [0, 0.05) is 22.7 Å². The molecular weight excluding hydrogens is 234 g/mol. The van der Waals surface area contributed by atoms with Gasteiger partial charge in [-0.05, 0) is 12.1 Å². The number of rotatable bonds is 2. The predicted octanol–water partition coefficient (Wildman–Crippen LogP) is 2.00. The van der Waals surface area contributed by atoms with Crippen molar-refractivity contribution < 1.29 is 19.0 Å². The Kier molecular flexibility index (Phi) is 2.77. The van der Waals surface area contributed by atoms with Crippen LogP contribution in [-0.2, 0) is 14.2 Å². The van der Waals surface area contributed by atoms with Crippen molar-refractivity contribution in [3.8, 4) is 0 Å². The van der Waals surface area contributed by atoms with Crippen LogP contribution in [-0.4, -0.2) is 31.3 Å². The summed E-state index contributed by atoms with van der Waals surface area (Å²) in [4.78, 5) is 14.6. The third-order valence-electron chi connectivity index (χ3n) is 3.01. The van der Waals surface area contributed by atoms with Gasteiger partial charge in [0.15, 0.2) is 6.29 Å². The number of methoxy groups -OCH3 is 1. The molecule has 0 radical (unpaired) electrons. The molecule has 0 bridgehead atoms. The number of carbonyl (C=O) groups is 1. The molecule has 1 aromatic heterocycles. The standard InChI is InChI=1S/C13H13NO4/c1-16-12(15)8-2-3-9-10(7-14-11(9)6-8)13-17-4-5-18-13/h2-3,6-7,13-14H,4-5H2,1H3. The quantitative estimate of drug-likeness (QED) is 0.824. The molecule has 1 aromatic carbocycles. The van der Waals surface area contributed by atoms with Crippen molar-refractivity contribution in [3.63, 3.8) is 0 Å². The van der Waals surface area contributed by atoms with Crippen LogP contribution in [0.3, 0.4) is 0 Å². The van der Waals surface area contributed by atoms with E-state index in [2.05, 4.69) is 9.72 Å². The minimum Gasteiger partial charge on any atom is -0.465 e. The molecule has 1 N–H and O–H groups in total. The first-order valence-electron chi connectivity index (χ1n) is 5.72. The van der Waals surface area contributed by atoms with E-state index >= 15 is 0 Å². The number of aromatic nitrogens is 1. The second-order valence-electron chi connectivity index (χ2n) is 4.07. The van der Waals surface area contributed by atoms with E-state index in [0.717, 1.165) is 16.5 Å². The fourth-order valence-corrected chi connectivity index (χ4v) is 2.13. The maximum Gasteiger partial charge on any atom is 0.337 e. The summed E-state index contributed by atoms with van der Waals surface area (Å²) in [6.45, 7) is 1.22. The van der Waals surface area contributed by atoms with Crippen LogP contribution in [0.15, 0.2) is 24.4 Å². The average Bonchev–Trinajstić information content (AvgIpc) is 3.05. The number of nitrogens with one attached hydrogen (secondary N) is 1. The van der Waals surface area contributed by atoms with E-state index in [1.807, 2.05) is 12.3 Å². The predicted molar refractivity (Wildman–Crippen MR) is 64.3 cm³/mol. The number of esters is 1. The smallest absolute Gasteiger partial charge is 0.337 e. The second-order valence-corrected chi connectivity index (χ2v) is 4.07. The number of hydrogen-bond acceptors (Lipinski definition) is 4. The first-order chi connectivity index (χ1) is 8.79. The van der Waals surface area contributed by atoms with Gasteiger partial charge in [-0.25, -0.2) is 4.79 Å². The zero-order valence-electron chi connectivity index (χ0n) is 9.93. The lowest BCUT2D eigenvalue weighted by Gasteiger charge is -2.07. The Labute approximate surface area is 104 Å². The number of benzene rings is 1. The summed E-state index contributed by atoms with van der Waals surface area (Å²) in [5, 5.41) is 0.995. The number of H-pyrrole nitrogens is 1. The van der Waals surface area contributed by atoms with Crippen molar-refractivity contribution in [3.05, 3.63) is 35.5 Å². The summed E-state index contributed by atoms with van der Waals surface area (Å²) in [5.41, 5.74) is 2.34. The van der Waals surface area contributed by atoms with Gasteiger partial charge >= 0.3 is 5.97 Å². The van der Waals surface area contributed by atoms with E-state index in [0.29, 0.717) is 18.8 Å². The minimum atomic E-state index is -0.346. The first-order valence-corrected chi connectivity index (χ1v) is 5.72. The van der Waals surface area contributed by atoms with Gasteiger partial charge in [-0.2, -0.15) is 0 Å². The van der Waals surface area contributed by atoms with Gasteiger partial charge in [0.25, 0.3) is 0 Å². The summed E-state index contributed by atoms with van der Waals surface area (Å²) in [6, 6.07) is 5.37. The zero-order valence-corrected chi connectivity index (χ0v) is 9.93. The van der Waals surface area contributed by atoms with Crippen molar-refractivity contribution >= 4 is 16.9 Å². The lowest BCUT2D eigenvalue weighted by Crippen LogP contribution is -2.00. The Morgan fingerprint density at radius 2 is 2.17 bits per heavy atom. The van der Waals surface area contributed by atoms with Crippen LogP contribution in [0.5, 0.6) is 0 Å². The summed E-state index contributed by atoms with van der Waals surface area (Å²) in [6.07, 6.45) is 1.53. The van der Waals surface area contributed by atoms with Crippen LogP contribution < -0.4 is 0 Å². The Hall–Kier alpha value is -1.85. The number of hydrogen-bond donors (Lipinski definition) is 1. The van der Waals surface area contributed by atoms with Gasteiger partial charge < -0.3 is 19.2 Å². The van der Waals surface area contributed by atoms with E-state index < -0.39 is 0 Å². The van der Waals surface area contributed by atoms with Gasteiger partial charge in [-0.15, -0.1) is 0 Å². The zero-order chi connectivity index (χ0) is 12.5. The van der Waals surface area contributed by atoms with Gasteiger partial charge in [-0.3, -0.25) is 0 Å². The molecule has 0 amide bonds. The molecule has 94 valence electrons. The average molecular weight is 247 g/mol. The molecule has 0 spiro atoms. The van der Waals surface area contributed by atoms with Crippen molar-refractivity contribution in [2.75, 3.05) is 20.3 Å². The van der Waals surface area contributed by atoms with Gasteiger partial charge in [-0.1, -0.05) is 6.07 Å². The largest absolute Gasteiger partial charge is 0.465 e. The third-order valence-corrected chi connectivity index (χ3v) is 3.01. The lowest BCUT2D eigenvalue weighted by atomic mass is 10.1. The molecule has 1 fully saturated rings. The molecule has 2 heterocycles. The van der Waals surface area contributed by atoms with Crippen molar-refractivity contribution in [2.45, 2.75) is 6.29 Å². The maximum absolute atomic E-state index is 11.4. The number of aromatic amines is 1. The van der Waals surface area contributed by atoms with E-state index in [1.165, 1.54) is 7.11 Å². The molecule has 1 saturated heterocycles. The first kappa shape index (κ1) is 11.3. The van der Waals surface area contributed by atoms with Gasteiger partial charge in [0.2, 0.25) is 0 Å². The number of carbonyl (C=O) groups excluding carboxylic acids is 1. The van der Waals surface area contributed by atoms with Crippen molar-refractivity contribution in [2.24, 2.45) is 0 Å². The van der Waals surface area contributed by atoms with E-state index in [9.17, 15) is 4.79 Å². The Balaban J connectivity index is 2.02. The highest BCUT2D eigenvalue weighted by molar-refractivity contribution is 5.95. The topological polar surface area (TPSA) is 60.6 Å². The molecule has 0 saturated carbocycles. The van der Waals surface area contributed by atoms with Crippen LogP contribution >= 0.6 is 0 Å². The summed E-state index contributed by atoms with van der Waals surface area (Å²) in [5.74, 6) is -0.346. The monoisotopic (exact) mass is 247 g/mol. The fourth-order valence-electron chi connectivity index (χ4n) is 2.13. The summed E-state index contributed by atoms with van der Waals surface area (Å²) in [7, 11) is 1.37.